The van der Waals surface area contributed by atoms with Crippen LogP contribution in [0.25, 0.3) is 11.4 Å². The fourth-order valence-electron chi connectivity index (χ4n) is 2.14. The molecule has 3 rings (SSSR count). The molecule has 1 heterocycles. The number of rotatable bonds is 6. The van der Waals surface area contributed by atoms with Crippen molar-refractivity contribution in [2.75, 3.05) is 11.1 Å². The number of carbonyl (C=O) groups excluding carboxylic acids is 1. The van der Waals surface area contributed by atoms with E-state index in [1.807, 2.05) is 0 Å². The van der Waals surface area contributed by atoms with E-state index in [0.29, 0.717) is 0 Å². The van der Waals surface area contributed by atoms with Gasteiger partial charge in [0.2, 0.25) is 11.1 Å². The van der Waals surface area contributed by atoms with Crippen LogP contribution in [-0.4, -0.2) is 31.8 Å². The molecule has 10 heteroatoms. The molecule has 0 spiro atoms. The van der Waals surface area contributed by atoms with E-state index in [1.165, 1.54) is 24.3 Å². The highest BCUT2D eigenvalue weighted by atomic mass is 32.2. The van der Waals surface area contributed by atoms with Crippen LogP contribution >= 0.6 is 11.8 Å². The lowest BCUT2D eigenvalue weighted by Gasteiger charge is -2.04. The second-order valence-corrected chi connectivity index (χ2v) is 6.00. The Bertz CT molecular complexity index is 962. The monoisotopic (exact) mass is 373 g/mol. The molecule has 0 radical (unpaired) electrons. The second-order valence-electron chi connectivity index (χ2n) is 5.06. The molecular weight excluding hydrogens is 361 g/mol. The lowest BCUT2D eigenvalue weighted by Crippen LogP contribution is -2.15. The van der Waals surface area contributed by atoms with Crippen molar-refractivity contribution >= 4 is 29.0 Å². The average Bonchev–Trinajstić information content (AvgIpc) is 3.09. The summed E-state index contributed by atoms with van der Waals surface area (Å²) in [5.74, 6) is -0.679. The maximum Gasteiger partial charge on any atom is 0.292 e. The minimum absolute atomic E-state index is 0.0549. The average molecular weight is 373 g/mol. The highest BCUT2D eigenvalue weighted by Gasteiger charge is 2.16. The van der Waals surface area contributed by atoms with Gasteiger partial charge in [-0.3, -0.25) is 20.0 Å². The van der Waals surface area contributed by atoms with E-state index in [1.54, 1.807) is 24.3 Å². The zero-order valence-corrected chi connectivity index (χ0v) is 14.0. The van der Waals surface area contributed by atoms with Crippen molar-refractivity contribution in [3.05, 3.63) is 64.5 Å². The van der Waals surface area contributed by atoms with Crippen LogP contribution in [0.1, 0.15) is 0 Å². The van der Waals surface area contributed by atoms with Crippen LogP contribution in [0.4, 0.5) is 15.8 Å². The summed E-state index contributed by atoms with van der Waals surface area (Å²) < 4.78 is 13.7. The molecular formula is C16H12FN5O3S. The normalized spacial score (nSPS) is 10.5. The van der Waals surface area contributed by atoms with Crippen molar-refractivity contribution in [1.82, 2.24) is 15.2 Å². The Kier molecular flexibility index (Phi) is 5.23. The van der Waals surface area contributed by atoms with Gasteiger partial charge in [-0.1, -0.05) is 36.0 Å². The van der Waals surface area contributed by atoms with Crippen LogP contribution in [0.3, 0.4) is 0 Å². The number of nitrogens with zero attached hydrogens (tertiary/aromatic N) is 3. The summed E-state index contributed by atoms with van der Waals surface area (Å²) in [4.78, 5) is 26.5. The van der Waals surface area contributed by atoms with Gasteiger partial charge < -0.3 is 5.32 Å². The second kappa shape index (κ2) is 7.74. The lowest BCUT2D eigenvalue weighted by atomic mass is 10.2. The number of halogens is 1. The first-order valence-corrected chi connectivity index (χ1v) is 8.36. The molecule has 132 valence electrons. The van der Waals surface area contributed by atoms with Crippen LogP contribution < -0.4 is 5.32 Å². The fourth-order valence-corrected chi connectivity index (χ4v) is 2.74. The van der Waals surface area contributed by atoms with Gasteiger partial charge in [-0.05, 0) is 18.2 Å². The molecule has 1 aromatic heterocycles. The number of thioether (sulfide) groups is 1. The summed E-state index contributed by atoms with van der Waals surface area (Å²) in [7, 11) is 0. The Morgan fingerprint density at radius 3 is 2.73 bits per heavy atom. The van der Waals surface area contributed by atoms with Crippen molar-refractivity contribution in [2.24, 2.45) is 0 Å². The molecule has 3 aromatic rings. The quantitative estimate of drug-likeness (QED) is 0.389. The van der Waals surface area contributed by atoms with Crippen LogP contribution in [-0.2, 0) is 4.79 Å². The Labute approximate surface area is 151 Å². The number of carbonyl (C=O) groups is 1. The summed E-state index contributed by atoms with van der Waals surface area (Å²) in [5.41, 5.74) is 0.201. The summed E-state index contributed by atoms with van der Waals surface area (Å²) in [6.07, 6.45) is 0. The molecule has 0 unspecified atom stereocenters. The molecule has 0 bridgehead atoms. The van der Waals surface area contributed by atoms with Gasteiger partial charge in [-0.25, -0.2) is 9.37 Å². The van der Waals surface area contributed by atoms with Gasteiger partial charge in [0.05, 0.1) is 16.2 Å². The summed E-state index contributed by atoms with van der Waals surface area (Å²) in [6, 6.07) is 12.0. The van der Waals surface area contributed by atoms with Crippen molar-refractivity contribution < 1.29 is 14.1 Å². The minimum atomic E-state index is -0.571. The first-order chi connectivity index (χ1) is 12.5. The number of benzene rings is 2. The molecule has 0 aliphatic rings. The van der Waals surface area contributed by atoms with E-state index < -0.39 is 16.6 Å². The third kappa shape index (κ3) is 4.03. The Morgan fingerprint density at radius 2 is 1.96 bits per heavy atom. The number of nitro groups is 1. The first kappa shape index (κ1) is 17.5. The number of nitrogens with one attached hydrogen (secondary N) is 2. The van der Waals surface area contributed by atoms with Crippen LogP contribution in [0.2, 0.25) is 0 Å². The third-order valence-corrected chi connectivity index (χ3v) is 4.15. The maximum absolute atomic E-state index is 13.7. The van der Waals surface area contributed by atoms with Crippen LogP contribution in [0.5, 0.6) is 0 Å². The number of anilines is 1. The number of hydrogen-bond donors (Lipinski definition) is 2. The van der Waals surface area contributed by atoms with Crippen molar-refractivity contribution in [1.29, 1.82) is 0 Å². The fraction of sp³-hybridized carbons (Fsp3) is 0.0625. The molecule has 0 atom stereocenters. The number of hydrogen-bond acceptors (Lipinski definition) is 6. The SMILES string of the molecule is O=C(CSc1n[nH]c(-c2ccccc2F)n1)Nc1ccccc1[N+](=O)[O-]. The Morgan fingerprint density at radius 1 is 1.23 bits per heavy atom. The number of aromatic nitrogens is 3. The van der Waals surface area contributed by atoms with Crippen molar-refractivity contribution in [2.45, 2.75) is 5.16 Å². The highest BCUT2D eigenvalue weighted by molar-refractivity contribution is 7.99. The smallest absolute Gasteiger partial charge is 0.292 e. The largest absolute Gasteiger partial charge is 0.320 e. The van der Waals surface area contributed by atoms with Crippen LogP contribution in [0, 0.1) is 15.9 Å². The topological polar surface area (TPSA) is 114 Å². The third-order valence-electron chi connectivity index (χ3n) is 3.30. The first-order valence-electron chi connectivity index (χ1n) is 7.38. The maximum atomic E-state index is 13.7. The van der Waals surface area contributed by atoms with Crippen molar-refractivity contribution in [3.63, 3.8) is 0 Å². The number of nitro benzene ring substituents is 1. The number of H-pyrrole nitrogens is 1. The highest BCUT2D eigenvalue weighted by Crippen LogP contribution is 2.24. The molecule has 0 fully saturated rings. The van der Waals surface area contributed by atoms with E-state index in [-0.39, 0.29) is 33.7 Å². The van der Waals surface area contributed by atoms with Gasteiger partial charge in [-0.2, -0.15) is 0 Å². The van der Waals surface area contributed by atoms with E-state index in [4.69, 9.17) is 0 Å². The predicted octanol–water partition coefficient (Wildman–Crippen LogP) is 3.25. The Balaban J connectivity index is 1.63. The molecule has 0 saturated heterocycles. The van der Waals surface area contributed by atoms with Crippen molar-refractivity contribution in [3.8, 4) is 11.4 Å². The van der Waals surface area contributed by atoms with Crippen LogP contribution in [0.15, 0.2) is 53.7 Å². The van der Waals surface area contributed by atoms with E-state index in [9.17, 15) is 19.3 Å². The molecule has 26 heavy (non-hydrogen) atoms. The summed E-state index contributed by atoms with van der Waals surface area (Å²) in [5, 5.41) is 20.2. The standard InChI is InChI=1S/C16H12FN5O3S/c17-11-6-2-1-5-10(11)15-19-16(21-20-15)26-9-14(23)18-12-7-3-4-8-13(12)22(24)25/h1-8H,9H2,(H,18,23)(H,19,20,21). The molecule has 0 aliphatic carbocycles. The summed E-state index contributed by atoms with van der Waals surface area (Å²) >= 11 is 1.03. The minimum Gasteiger partial charge on any atom is -0.320 e. The molecule has 2 N–H and O–H groups in total. The zero-order chi connectivity index (χ0) is 18.5. The summed E-state index contributed by atoms with van der Waals surface area (Å²) in [6.45, 7) is 0. The molecule has 2 aromatic carbocycles. The molecule has 8 nitrogen and oxygen atoms in total. The lowest BCUT2D eigenvalue weighted by molar-refractivity contribution is -0.383. The van der Waals surface area contributed by atoms with E-state index in [2.05, 4.69) is 20.5 Å². The van der Waals surface area contributed by atoms with E-state index >= 15 is 0 Å². The molecule has 0 saturated carbocycles. The Hall–Kier alpha value is -3.27. The zero-order valence-electron chi connectivity index (χ0n) is 13.2. The van der Waals surface area contributed by atoms with Gasteiger partial charge in [-0.15, -0.1) is 5.10 Å². The van der Waals surface area contributed by atoms with Gasteiger partial charge in [0.25, 0.3) is 5.69 Å². The predicted molar refractivity (Wildman–Crippen MR) is 94.2 cm³/mol. The van der Waals surface area contributed by atoms with Gasteiger partial charge in [0.15, 0.2) is 5.82 Å². The number of para-hydroxylation sites is 2. The molecule has 1 amide bonds. The van der Waals surface area contributed by atoms with E-state index in [0.717, 1.165) is 11.8 Å². The number of amides is 1. The van der Waals surface area contributed by atoms with Gasteiger partial charge in [0, 0.05) is 6.07 Å². The van der Waals surface area contributed by atoms with Gasteiger partial charge in [0.1, 0.15) is 11.5 Å². The number of aromatic amines is 1. The van der Waals surface area contributed by atoms with Gasteiger partial charge >= 0.3 is 0 Å². The molecule has 0 aliphatic heterocycles.